The zero-order valence-electron chi connectivity index (χ0n) is 47.6. The minimum atomic E-state index is -0.0823. The number of hydrogen-bond donors (Lipinski definition) is 0. The molecule has 4 bridgehead atoms. The van der Waals surface area contributed by atoms with Crippen LogP contribution in [0.4, 0.5) is 0 Å². The minimum absolute atomic E-state index is 0.0823. The van der Waals surface area contributed by atoms with Crippen molar-refractivity contribution < 1.29 is 18.9 Å². The SMILES string of the molecule is CC.CC.CC.CC.CC.CC.CC.CC.CC.CC.CC.CC.CC.CC.CC.CCC1OC2OCCC3OC(CC)C(OCCC1C(C)C2C)C(C)C3C. The van der Waals surface area contributed by atoms with Crippen molar-refractivity contribution in [3.8, 4) is 0 Å². The third-order valence-corrected chi connectivity index (χ3v) is 7.62. The average Bonchev–Trinajstić information content (AvgIpc) is 3.34. The lowest BCUT2D eigenvalue weighted by molar-refractivity contribution is -0.263. The van der Waals surface area contributed by atoms with Gasteiger partial charge >= 0.3 is 0 Å². The fourth-order valence-electron chi connectivity index (χ4n) is 5.37. The van der Waals surface area contributed by atoms with Crippen LogP contribution in [-0.4, -0.2) is 43.9 Å². The first-order valence-electron chi connectivity index (χ1n) is 26.0. The summed E-state index contributed by atoms with van der Waals surface area (Å²) in [6, 6.07) is 0. The van der Waals surface area contributed by atoms with E-state index in [1.54, 1.807) is 0 Å². The molecule has 0 aromatic carbocycles. The van der Waals surface area contributed by atoms with Crippen molar-refractivity contribution in [2.24, 2.45) is 29.6 Å². The maximum absolute atomic E-state index is 6.47. The predicted octanol–water partition coefficient (Wildman–Crippen LogP) is 20.0. The van der Waals surface area contributed by atoms with E-state index < -0.39 is 0 Å². The highest BCUT2D eigenvalue weighted by Crippen LogP contribution is 2.41. The summed E-state index contributed by atoms with van der Waals surface area (Å²) in [7, 11) is 0. The van der Waals surface area contributed by atoms with E-state index >= 15 is 0 Å². The Morgan fingerprint density at radius 2 is 0.661 bits per heavy atom. The molecule has 0 radical (unpaired) electrons. The number of ether oxygens (including phenoxy) is 4. The molecule has 6 fully saturated rings. The third kappa shape index (κ3) is 48.2. The van der Waals surface area contributed by atoms with Crippen LogP contribution in [-0.2, 0) is 18.9 Å². The van der Waals surface area contributed by atoms with Gasteiger partial charge in [-0.05, 0) is 49.4 Å². The van der Waals surface area contributed by atoms with Gasteiger partial charge in [0.2, 0.25) is 0 Å². The van der Waals surface area contributed by atoms with E-state index in [4.69, 9.17) is 18.9 Å². The van der Waals surface area contributed by atoms with Gasteiger partial charge in [-0.2, -0.15) is 0 Å². The average molecular weight is 820 g/mol. The molecule has 0 amide bonds. The Balaban J connectivity index is -0.0000000473. The van der Waals surface area contributed by atoms with Crippen LogP contribution in [0.1, 0.15) is 275 Å². The highest BCUT2D eigenvalue weighted by atomic mass is 16.7. The monoisotopic (exact) mass is 819 g/mol. The maximum atomic E-state index is 6.47. The number of rotatable bonds is 2. The van der Waals surface area contributed by atoms with E-state index in [9.17, 15) is 0 Å². The second kappa shape index (κ2) is 100. The van der Waals surface area contributed by atoms with Gasteiger partial charge in [0.25, 0.3) is 0 Å². The molecule has 4 nitrogen and oxygen atoms in total. The lowest BCUT2D eigenvalue weighted by Gasteiger charge is -2.47. The summed E-state index contributed by atoms with van der Waals surface area (Å²) in [4.78, 5) is 0. The molecular weight excluding hydrogens is 689 g/mol. The van der Waals surface area contributed by atoms with Gasteiger partial charge in [-0.15, -0.1) is 0 Å². The standard InChI is InChI=1S/C22H40O4.15C2H6/c1-7-18-17-9-11-23-21-15(5)14(4)20(25-19(21)8-2)10-12-24-22(26-18)16(6)13(17)3;15*1-2/h13-22H,7-12H2,1-6H3;15*1-2H3. The molecule has 0 spiro atoms. The smallest absolute Gasteiger partial charge is 0.160 e. The zero-order valence-corrected chi connectivity index (χ0v) is 47.6. The van der Waals surface area contributed by atoms with E-state index in [0.29, 0.717) is 36.2 Å². The van der Waals surface area contributed by atoms with Crippen molar-refractivity contribution in [3.63, 3.8) is 0 Å². The molecule has 0 aromatic rings. The van der Waals surface area contributed by atoms with Crippen LogP contribution in [0.15, 0.2) is 0 Å². The topological polar surface area (TPSA) is 36.9 Å². The molecule has 6 aliphatic heterocycles. The normalized spacial score (nSPS) is 25.1. The Morgan fingerprint density at radius 3 is 0.982 bits per heavy atom. The van der Waals surface area contributed by atoms with Crippen LogP contribution >= 0.6 is 0 Å². The Morgan fingerprint density at radius 1 is 0.339 bits per heavy atom. The Kier molecular flexibility index (Phi) is 164. The lowest BCUT2D eigenvalue weighted by Crippen LogP contribution is -2.52. The summed E-state index contributed by atoms with van der Waals surface area (Å²) >= 11 is 0. The molecule has 4 heteroatoms. The Bertz CT molecular complexity index is 405. The maximum Gasteiger partial charge on any atom is 0.160 e. The third-order valence-electron chi connectivity index (χ3n) is 7.62. The van der Waals surface area contributed by atoms with Crippen LogP contribution in [0.2, 0.25) is 0 Å². The van der Waals surface area contributed by atoms with Crippen LogP contribution in [0.3, 0.4) is 0 Å². The minimum Gasteiger partial charge on any atom is -0.375 e. The molecule has 0 aliphatic carbocycles. The van der Waals surface area contributed by atoms with Crippen molar-refractivity contribution >= 4 is 0 Å². The molecule has 362 valence electrons. The van der Waals surface area contributed by atoms with Crippen LogP contribution < -0.4 is 0 Å². The van der Waals surface area contributed by atoms with Crippen molar-refractivity contribution in [3.05, 3.63) is 0 Å². The lowest BCUT2D eigenvalue weighted by atomic mass is 9.75. The summed E-state index contributed by atoms with van der Waals surface area (Å²) in [5, 5.41) is 0. The van der Waals surface area contributed by atoms with Gasteiger partial charge in [0.05, 0.1) is 31.0 Å². The molecule has 10 unspecified atom stereocenters. The molecule has 6 heterocycles. The second-order valence-electron chi connectivity index (χ2n) is 8.96. The van der Waals surface area contributed by atoms with Crippen LogP contribution in [0.25, 0.3) is 0 Å². The van der Waals surface area contributed by atoms with Crippen LogP contribution in [0, 0.1) is 29.6 Å². The molecular formula is C52H130O4. The predicted molar refractivity (Wildman–Crippen MR) is 273 cm³/mol. The van der Waals surface area contributed by atoms with Crippen molar-refractivity contribution in [2.75, 3.05) is 13.2 Å². The summed E-state index contributed by atoms with van der Waals surface area (Å²) in [5.41, 5.74) is 0. The van der Waals surface area contributed by atoms with Gasteiger partial charge in [0.1, 0.15) is 0 Å². The number of hydrogen-bond acceptors (Lipinski definition) is 4. The molecule has 10 atom stereocenters. The quantitative estimate of drug-likeness (QED) is 0.278. The van der Waals surface area contributed by atoms with Crippen LogP contribution in [0.5, 0.6) is 0 Å². The molecule has 6 aliphatic rings. The van der Waals surface area contributed by atoms with E-state index in [1.807, 2.05) is 208 Å². The van der Waals surface area contributed by atoms with Crippen molar-refractivity contribution in [1.82, 2.24) is 0 Å². The first-order chi connectivity index (χ1) is 27.5. The summed E-state index contributed by atoms with van der Waals surface area (Å²) in [6.45, 7) is 75.3. The van der Waals surface area contributed by atoms with E-state index in [1.165, 1.54) is 0 Å². The zero-order chi connectivity index (χ0) is 48.8. The molecule has 0 aromatic heterocycles. The fraction of sp³-hybridized carbons (Fsp3) is 1.00. The molecule has 0 saturated carbocycles. The van der Waals surface area contributed by atoms with Gasteiger partial charge in [-0.1, -0.05) is 249 Å². The van der Waals surface area contributed by atoms with Crippen molar-refractivity contribution in [1.29, 1.82) is 0 Å². The van der Waals surface area contributed by atoms with Gasteiger partial charge < -0.3 is 18.9 Å². The van der Waals surface area contributed by atoms with Gasteiger partial charge in [-0.3, -0.25) is 0 Å². The van der Waals surface area contributed by atoms with Gasteiger partial charge in [0.15, 0.2) is 6.29 Å². The van der Waals surface area contributed by atoms with Gasteiger partial charge in [-0.25, -0.2) is 0 Å². The first-order valence-corrected chi connectivity index (χ1v) is 26.0. The summed E-state index contributed by atoms with van der Waals surface area (Å²) in [6.07, 6.45) is 4.93. The Hall–Kier alpha value is -0.160. The first kappa shape index (κ1) is 91.5. The molecule has 56 heavy (non-hydrogen) atoms. The highest BCUT2D eigenvalue weighted by Gasteiger charge is 2.44. The van der Waals surface area contributed by atoms with Gasteiger partial charge in [0, 0.05) is 12.5 Å². The fourth-order valence-corrected chi connectivity index (χ4v) is 5.37. The van der Waals surface area contributed by atoms with Crippen molar-refractivity contribution in [2.45, 2.75) is 306 Å². The van der Waals surface area contributed by atoms with E-state index in [0.717, 1.165) is 32.3 Å². The highest BCUT2D eigenvalue weighted by molar-refractivity contribution is 4.90. The molecule has 6 rings (SSSR count). The Labute approximate surface area is 366 Å². The molecule has 6 saturated heterocycles. The van der Waals surface area contributed by atoms with E-state index in [-0.39, 0.29) is 30.7 Å². The summed E-state index contributed by atoms with van der Waals surface area (Å²) in [5.74, 6) is 2.57. The summed E-state index contributed by atoms with van der Waals surface area (Å²) < 4.78 is 25.6. The second-order valence-corrected chi connectivity index (χ2v) is 8.96. The van der Waals surface area contributed by atoms with E-state index in [2.05, 4.69) is 41.5 Å². The largest absolute Gasteiger partial charge is 0.375 e. The molecule has 0 N–H and O–H groups in total.